The van der Waals surface area contributed by atoms with E-state index in [1.807, 2.05) is 52.0 Å². The molecule has 0 saturated heterocycles. The fourth-order valence-corrected chi connectivity index (χ4v) is 6.09. The number of ether oxygens (including phenoxy) is 1. The molecule has 0 unspecified atom stereocenters. The van der Waals surface area contributed by atoms with E-state index < -0.39 is 5.60 Å². The summed E-state index contributed by atoms with van der Waals surface area (Å²) in [7, 11) is 1.74. The molecule has 1 amide bonds. The van der Waals surface area contributed by atoms with Gasteiger partial charge >= 0.3 is 6.09 Å². The van der Waals surface area contributed by atoms with E-state index in [1.165, 1.54) is 0 Å². The van der Waals surface area contributed by atoms with E-state index in [-0.39, 0.29) is 6.09 Å². The second-order valence-electron chi connectivity index (χ2n) is 11.6. The molecular weight excluding hydrogens is 558 g/mol. The van der Waals surface area contributed by atoms with Crippen molar-refractivity contribution in [1.29, 1.82) is 0 Å². The maximum Gasteiger partial charge on any atom is 0.410 e. The number of thiazole rings is 1. The third-order valence-electron chi connectivity index (χ3n) is 7.18. The number of carbonyl (C=O) groups is 2. The van der Waals surface area contributed by atoms with Gasteiger partial charge in [0.15, 0.2) is 12.1 Å². The second-order valence-corrected chi connectivity index (χ2v) is 12.6. The van der Waals surface area contributed by atoms with Gasteiger partial charge in [-0.1, -0.05) is 30.3 Å². The summed E-state index contributed by atoms with van der Waals surface area (Å²) in [5, 5.41) is 5.22. The van der Waals surface area contributed by atoms with E-state index in [0.717, 1.165) is 60.8 Å². The lowest BCUT2D eigenvalue weighted by Gasteiger charge is -2.24. The van der Waals surface area contributed by atoms with Crippen molar-refractivity contribution in [3.05, 3.63) is 88.2 Å². The standard InChI is InChI=1S/C34H35N5O3S/c1-20-25(10-8-12-27(20)32-37-22(3)29(43-32)18-39(7)33(41)42-34(4,5)6)26-11-9-13-28(21(26)2)38-31-30-24(14-15-35-31)16-23(19-40)17-36-30/h8-17,19H,18H2,1-7H3,(H,35,38). The first-order valence-electron chi connectivity index (χ1n) is 14.0. The number of carbonyl (C=O) groups excluding carboxylic acids is 2. The van der Waals surface area contributed by atoms with Gasteiger partial charge in [-0.3, -0.25) is 9.78 Å². The number of anilines is 2. The predicted octanol–water partition coefficient (Wildman–Crippen LogP) is 8.27. The number of rotatable bonds is 7. The topological polar surface area (TPSA) is 97.3 Å². The molecule has 0 radical (unpaired) electrons. The smallest absolute Gasteiger partial charge is 0.410 e. The Labute approximate surface area is 255 Å². The van der Waals surface area contributed by atoms with Crippen LogP contribution >= 0.6 is 11.3 Å². The molecule has 1 N–H and O–H groups in total. The van der Waals surface area contributed by atoms with Gasteiger partial charge < -0.3 is 15.0 Å². The Morgan fingerprint density at radius 3 is 2.42 bits per heavy atom. The van der Waals surface area contributed by atoms with E-state index in [0.29, 0.717) is 23.4 Å². The van der Waals surface area contributed by atoms with Gasteiger partial charge in [0.2, 0.25) is 0 Å². The van der Waals surface area contributed by atoms with Gasteiger partial charge in [-0.05, 0) is 82.0 Å². The summed E-state index contributed by atoms with van der Waals surface area (Å²) in [5.74, 6) is 0.628. The number of aryl methyl sites for hydroxylation is 1. The zero-order chi connectivity index (χ0) is 30.9. The highest BCUT2D eigenvalue weighted by Crippen LogP contribution is 2.38. The number of nitrogens with zero attached hydrogens (tertiary/aromatic N) is 4. The summed E-state index contributed by atoms with van der Waals surface area (Å²) in [6.45, 7) is 12.2. The van der Waals surface area contributed by atoms with E-state index in [2.05, 4.69) is 53.4 Å². The van der Waals surface area contributed by atoms with Crippen LogP contribution in [0, 0.1) is 20.8 Å². The molecular formula is C34H35N5O3S. The maximum atomic E-state index is 12.5. The van der Waals surface area contributed by atoms with Crippen molar-refractivity contribution in [3.8, 4) is 21.7 Å². The fourth-order valence-electron chi connectivity index (χ4n) is 4.89. The van der Waals surface area contributed by atoms with Gasteiger partial charge in [0.25, 0.3) is 0 Å². The first-order chi connectivity index (χ1) is 20.4. The van der Waals surface area contributed by atoms with Crippen LogP contribution in [0.4, 0.5) is 16.3 Å². The first-order valence-corrected chi connectivity index (χ1v) is 14.8. The van der Waals surface area contributed by atoms with Gasteiger partial charge in [-0.15, -0.1) is 11.3 Å². The molecule has 8 nitrogen and oxygen atoms in total. The summed E-state index contributed by atoms with van der Waals surface area (Å²) in [4.78, 5) is 40.3. The molecule has 0 aliphatic carbocycles. The zero-order valence-electron chi connectivity index (χ0n) is 25.5. The lowest BCUT2D eigenvalue weighted by molar-refractivity contribution is 0.0286. The number of hydrogen-bond donors (Lipinski definition) is 1. The molecule has 0 fully saturated rings. The van der Waals surface area contributed by atoms with Crippen molar-refractivity contribution in [2.45, 2.75) is 53.7 Å². The highest BCUT2D eigenvalue weighted by Gasteiger charge is 2.22. The van der Waals surface area contributed by atoms with Crippen LogP contribution in [-0.4, -0.2) is 44.9 Å². The third-order valence-corrected chi connectivity index (χ3v) is 8.35. The number of fused-ring (bicyclic) bond motifs is 1. The Morgan fingerprint density at radius 1 is 1.00 bits per heavy atom. The van der Waals surface area contributed by atoms with Gasteiger partial charge in [-0.25, -0.2) is 14.8 Å². The molecule has 0 atom stereocenters. The van der Waals surface area contributed by atoms with Crippen LogP contribution in [-0.2, 0) is 11.3 Å². The van der Waals surface area contributed by atoms with Crippen molar-refractivity contribution in [1.82, 2.24) is 19.9 Å². The Balaban J connectivity index is 1.44. The van der Waals surface area contributed by atoms with Crippen LogP contribution in [0.2, 0.25) is 0 Å². The van der Waals surface area contributed by atoms with E-state index in [4.69, 9.17) is 9.72 Å². The lowest BCUT2D eigenvalue weighted by Crippen LogP contribution is -2.33. The minimum Gasteiger partial charge on any atom is -0.444 e. The van der Waals surface area contributed by atoms with Crippen LogP contribution in [0.25, 0.3) is 32.6 Å². The van der Waals surface area contributed by atoms with Crippen molar-refractivity contribution < 1.29 is 14.3 Å². The number of hydrogen-bond acceptors (Lipinski definition) is 8. The highest BCUT2D eigenvalue weighted by molar-refractivity contribution is 7.15. The molecule has 0 aliphatic rings. The average molecular weight is 594 g/mol. The molecule has 0 spiro atoms. The number of amides is 1. The van der Waals surface area contributed by atoms with Crippen LogP contribution in [0.15, 0.2) is 60.9 Å². The molecule has 5 rings (SSSR count). The molecule has 220 valence electrons. The molecule has 5 aromatic rings. The minimum absolute atomic E-state index is 0.357. The highest BCUT2D eigenvalue weighted by atomic mass is 32.1. The summed E-state index contributed by atoms with van der Waals surface area (Å²) >= 11 is 1.60. The van der Waals surface area contributed by atoms with Crippen LogP contribution in [0.3, 0.4) is 0 Å². The Hall–Kier alpha value is -4.63. The average Bonchev–Trinajstić information content (AvgIpc) is 3.32. The van der Waals surface area contributed by atoms with Gasteiger partial charge in [0.05, 0.1) is 12.2 Å². The van der Waals surface area contributed by atoms with Crippen molar-refractivity contribution >= 4 is 46.1 Å². The van der Waals surface area contributed by atoms with Crippen molar-refractivity contribution in [2.75, 3.05) is 12.4 Å². The van der Waals surface area contributed by atoms with E-state index in [1.54, 1.807) is 35.7 Å². The number of benzene rings is 2. The summed E-state index contributed by atoms with van der Waals surface area (Å²) in [5.41, 5.74) is 7.94. The van der Waals surface area contributed by atoms with Crippen molar-refractivity contribution in [3.63, 3.8) is 0 Å². The summed E-state index contributed by atoms with van der Waals surface area (Å²) in [6.07, 6.45) is 3.70. The quantitative estimate of drug-likeness (QED) is 0.190. The van der Waals surface area contributed by atoms with E-state index >= 15 is 0 Å². The molecule has 3 aromatic heterocycles. The molecule has 9 heteroatoms. The SMILES string of the molecule is Cc1nc(-c2cccc(-c3cccc(Nc4nccc5cc(C=O)cnc45)c3C)c2C)sc1CN(C)C(=O)OC(C)(C)C. The molecule has 0 aliphatic heterocycles. The lowest BCUT2D eigenvalue weighted by atomic mass is 9.93. The number of aromatic nitrogens is 3. The number of nitrogens with one attached hydrogen (secondary N) is 1. The summed E-state index contributed by atoms with van der Waals surface area (Å²) < 4.78 is 5.52. The molecule has 2 aromatic carbocycles. The number of pyridine rings is 2. The Bertz CT molecular complexity index is 1840. The van der Waals surface area contributed by atoms with E-state index in [9.17, 15) is 9.59 Å². The van der Waals surface area contributed by atoms with Gasteiger partial charge in [0, 0.05) is 46.5 Å². The third kappa shape index (κ3) is 6.41. The molecule has 3 heterocycles. The molecule has 43 heavy (non-hydrogen) atoms. The summed E-state index contributed by atoms with van der Waals surface area (Å²) in [6, 6.07) is 16.1. The normalized spacial score (nSPS) is 11.4. The first kappa shape index (κ1) is 29.8. The van der Waals surface area contributed by atoms with Crippen LogP contribution in [0.1, 0.15) is 52.8 Å². The van der Waals surface area contributed by atoms with Gasteiger partial charge in [-0.2, -0.15) is 0 Å². The van der Waals surface area contributed by atoms with Crippen LogP contribution in [0.5, 0.6) is 0 Å². The Morgan fingerprint density at radius 2 is 1.70 bits per heavy atom. The van der Waals surface area contributed by atoms with Crippen LogP contribution < -0.4 is 5.32 Å². The Kier molecular flexibility index (Phi) is 8.28. The van der Waals surface area contributed by atoms with Gasteiger partial charge in [0.1, 0.15) is 16.1 Å². The largest absolute Gasteiger partial charge is 0.444 e. The minimum atomic E-state index is -0.550. The molecule has 0 bridgehead atoms. The van der Waals surface area contributed by atoms with Crippen molar-refractivity contribution in [2.24, 2.45) is 0 Å². The fraction of sp³-hybridized carbons (Fsp3) is 0.265. The molecule has 0 saturated carbocycles. The zero-order valence-corrected chi connectivity index (χ0v) is 26.3. The monoisotopic (exact) mass is 593 g/mol. The predicted molar refractivity (Wildman–Crippen MR) is 173 cm³/mol. The number of aldehydes is 1. The maximum absolute atomic E-state index is 12.5. The second kappa shape index (κ2) is 11.9.